The lowest BCUT2D eigenvalue weighted by molar-refractivity contribution is -0.274. The highest BCUT2D eigenvalue weighted by Crippen LogP contribution is 2.47. The van der Waals surface area contributed by atoms with Crippen LogP contribution in [0.4, 0.5) is 13.2 Å². The highest BCUT2D eigenvalue weighted by atomic mass is 19.4. The highest BCUT2D eigenvalue weighted by Gasteiger charge is 2.41. The van der Waals surface area contributed by atoms with Gasteiger partial charge in [0, 0.05) is 5.92 Å². The van der Waals surface area contributed by atoms with Crippen molar-refractivity contribution in [1.29, 1.82) is 0 Å². The number of rotatable bonds is 6. The maximum atomic E-state index is 12.7. The fourth-order valence-corrected chi connectivity index (χ4v) is 5.53. The van der Waals surface area contributed by atoms with Gasteiger partial charge in [-0.25, -0.2) is 0 Å². The second-order valence-electron chi connectivity index (χ2n) is 9.60. The van der Waals surface area contributed by atoms with E-state index in [2.05, 4.69) is 18.6 Å². The van der Waals surface area contributed by atoms with Gasteiger partial charge in [-0.3, -0.25) is 0 Å². The van der Waals surface area contributed by atoms with Crippen LogP contribution in [0.5, 0.6) is 5.75 Å². The van der Waals surface area contributed by atoms with Gasteiger partial charge in [-0.2, -0.15) is 0 Å². The minimum atomic E-state index is -4.70. The molecule has 0 bridgehead atoms. The van der Waals surface area contributed by atoms with Crippen molar-refractivity contribution >= 4 is 0 Å². The van der Waals surface area contributed by atoms with E-state index in [1.54, 1.807) is 6.07 Å². The van der Waals surface area contributed by atoms with E-state index in [1.807, 2.05) is 6.07 Å². The quantitative estimate of drug-likeness (QED) is 0.535. The molecule has 0 saturated heterocycles. The van der Waals surface area contributed by atoms with E-state index in [1.165, 1.54) is 25.0 Å². The van der Waals surface area contributed by atoms with E-state index < -0.39 is 12.0 Å². The molecule has 1 unspecified atom stereocenters. The van der Waals surface area contributed by atoms with Gasteiger partial charge in [-0.15, -0.1) is 13.2 Å². The van der Waals surface area contributed by atoms with Crippen LogP contribution in [0.25, 0.3) is 0 Å². The second kappa shape index (κ2) is 9.28. The van der Waals surface area contributed by atoms with Gasteiger partial charge in [0.15, 0.2) is 0 Å². The average molecular weight is 413 g/mol. The molecule has 0 aliphatic heterocycles. The number of benzene rings is 1. The van der Waals surface area contributed by atoms with Crippen LogP contribution in [0.15, 0.2) is 24.3 Å². The van der Waals surface area contributed by atoms with E-state index in [-0.39, 0.29) is 11.7 Å². The predicted octanol–water partition coefficient (Wildman–Crippen LogP) is 7.22. The lowest BCUT2D eigenvalue weighted by atomic mass is 9.67. The monoisotopic (exact) mass is 412 g/mol. The first-order valence-corrected chi connectivity index (χ1v) is 11.2. The summed E-state index contributed by atoms with van der Waals surface area (Å²) in [5.41, 5.74) is -0.0496. The Morgan fingerprint density at radius 1 is 1.07 bits per heavy atom. The van der Waals surface area contributed by atoms with Crippen LogP contribution < -0.4 is 4.74 Å². The van der Waals surface area contributed by atoms with Crippen LogP contribution in [-0.4, -0.2) is 17.1 Å². The molecule has 2 fully saturated rings. The minimum absolute atomic E-state index is 0.139. The zero-order valence-corrected chi connectivity index (χ0v) is 17.7. The summed E-state index contributed by atoms with van der Waals surface area (Å²) in [5, 5.41) is 11.5. The number of aliphatic hydroxyl groups is 1. The Morgan fingerprint density at radius 2 is 1.72 bits per heavy atom. The van der Waals surface area contributed by atoms with Gasteiger partial charge in [-0.05, 0) is 67.6 Å². The van der Waals surface area contributed by atoms with Gasteiger partial charge >= 0.3 is 6.36 Å². The molecule has 5 heteroatoms. The highest BCUT2D eigenvalue weighted by molar-refractivity contribution is 5.33. The summed E-state index contributed by atoms with van der Waals surface area (Å²) in [6.07, 6.45) is 5.38. The summed E-state index contributed by atoms with van der Waals surface area (Å²) in [4.78, 5) is 0. The average Bonchev–Trinajstić information content (AvgIpc) is 2.66. The lowest BCUT2D eigenvalue weighted by Crippen LogP contribution is -2.39. The molecular formula is C24H35F3O2. The molecule has 2 aliphatic carbocycles. The maximum Gasteiger partial charge on any atom is 0.573 e. The number of alkyl halides is 3. The van der Waals surface area contributed by atoms with Gasteiger partial charge in [-0.1, -0.05) is 58.1 Å². The van der Waals surface area contributed by atoms with E-state index in [4.69, 9.17) is 0 Å². The molecule has 0 amide bonds. The third-order valence-electron chi connectivity index (χ3n) is 7.27. The van der Waals surface area contributed by atoms with Crippen molar-refractivity contribution in [3.8, 4) is 5.75 Å². The predicted molar refractivity (Wildman–Crippen MR) is 109 cm³/mol. The molecule has 1 N–H and O–H groups in total. The molecular weight excluding hydrogens is 377 g/mol. The SMILES string of the molecule is CC(C)C1CCC(CC(c2cccc(OC(F)(F)F)c2)C2(O)CCCCC2)CC1. The van der Waals surface area contributed by atoms with E-state index in [0.29, 0.717) is 11.8 Å². The molecule has 164 valence electrons. The minimum Gasteiger partial charge on any atom is -0.406 e. The van der Waals surface area contributed by atoms with Gasteiger partial charge in [0.1, 0.15) is 5.75 Å². The van der Waals surface area contributed by atoms with Crippen molar-refractivity contribution in [3.63, 3.8) is 0 Å². The number of hydrogen-bond acceptors (Lipinski definition) is 2. The second-order valence-corrected chi connectivity index (χ2v) is 9.60. The fraction of sp³-hybridized carbons (Fsp3) is 0.750. The van der Waals surface area contributed by atoms with Gasteiger partial charge < -0.3 is 9.84 Å². The van der Waals surface area contributed by atoms with Gasteiger partial charge in [0.05, 0.1) is 5.60 Å². The van der Waals surface area contributed by atoms with Crippen molar-refractivity contribution in [2.24, 2.45) is 17.8 Å². The fourth-order valence-electron chi connectivity index (χ4n) is 5.53. The molecule has 2 saturated carbocycles. The summed E-state index contributed by atoms with van der Waals surface area (Å²) in [7, 11) is 0. The molecule has 2 nitrogen and oxygen atoms in total. The zero-order chi connectivity index (χ0) is 21.1. The van der Waals surface area contributed by atoms with Crippen LogP contribution in [-0.2, 0) is 0 Å². The molecule has 0 spiro atoms. The Balaban J connectivity index is 1.80. The van der Waals surface area contributed by atoms with Crippen molar-refractivity contribution in [2.75, 3.05) is 0 Å². The Morgan fingerprint density at radius 3 is 2.31 bits per heavy atom. The lowest BCUT2D eigenvalue weighted by Gasteiger charge is -2.42. The van der Waals surface area contributed by atoms with Crippen LogP contribution in [0.1, 0.15) is 89.5 Å². The van der Waals surface area contributed by atoms with Gasteiger partial charge in [0.25, 0.3) is 0 Å². The van der Waals surface area contributed by atoms with Crippen molar-refractivity contribution in [1.82, 2.24) is 0 Å². The molecule has 0 radical (unpaired) electrons. The van der Waals surface area contributed by atoms with Crippen LogP contribution >= 0.6 is 0 Å². The summed E-state index contributed by atoms with van der Waals surface area (Å²) >= 11 is 0. The Kier molecular flexibility index (Phi) is 7.19. The van der Waals surface area contributed by atoms with Crippen molar-refractivity contribution < 1.29 is 23.0 Å². The molecule has 29 heavy (non-hydrogen) atoms. The largest absolute Gasteiger partial charge is 0.573 e. The smallest absolute Gasteiger partial charge is 0.406 e. The first kappa shape index (κ1) is 22.5. The first-order valence-electron chi connectivity index (χ1n) is 11.2. The molecule has 1 aromatic rings. The third-order valence-corrected chi connectivity index (χ3v) is 7.27. The van der Waals surface area contributed by atoms with Crippen LogP contribution in [0.2, 0.25) is 0 Å². The molecule has 2 aliphatic rings. The summed E-state index contributed by atoms with van der Waals surface area (Å²) in [6.45, 7) is 4.56. The van der Waals surface area contributed by atoms with Crippen LogP contribution in [0.3, 0.4) is 0 Å². The molecule has 3 rings (SSSR count). The Hall–Kier alpha value is -1.23. The Bertz CT molecular complexity index is 642. The zero-order valence-electron chi connectivity index (χ0n) is 17.7. The summed E-state index contributed by atoms with van der Waals surface area (Å²) < 4.78 is 42.3. The van der Waals surface area contributed by atoms with E-state index in [0.717, 1.165) is 62.8 Å². The number of halogens is 3. The normalized spacial score (nSPS) is 26.3. The Labute approximate surface area is 172 Å². The molecule has 0 aromatic heterocycles. The number of hydrogen-bond donors (Lipinski definition) is 1. The molecule has 1 atom stereocenters. The van der Waals surface area contributed by atoms with Crippen molar-refractivity contribution in [3.05, 3.63) is 29.8 Å². The molecule has 1 aromatic carbocycles. The van der Waals surface area contributed by atoms with Gasteiger partial charge in [0.2, 0.25) is 0 Å². The van der Waals surface area contributed by atoms with Crippen LogP contribution in [0, 0.1) is 17.8 Å². The third kappa shape index (κ3) is 6.13. The standard InChI is InChI=1S/C24H35F3O2/c1-17(2)19-11-9-18(10-12-19)15-22(23(28)13-4-3-5-14-23)20-7-6-8-21(16-20)29-24(25,26)27/h6-8,16-19,22,28H,3-5,9-15H2,1-2H3. The summed E-state index contributed by atoms with van der Waals surface area (Å²) in [5.74, 6) is 1.66. The summed E-state index contributed by atoms with van der Waals surface area (Å²) in [6, 6.07) is 6.31. The maximum absolute atomic E-state index is 12.7. The number of ether oxygens (including phenoxy) is 1. The van der Waals surface area contributed by atoms with E-state index in [9.17, 15) is 18.3 Å². The van der Waals surface area contributed by atoms with Crippen molar-refractivity contribution in [2.45, 2.75) is 95.9 Å². The van der Waals surface area contributed by atoms with E-state index >= 15 is 0 Å². The molecule has 0 heterocycles. The first-order chi connectivity index (χ1) is 13.7. The topological polar surface area (TPSA) is 29.5 Å².